The molecule has 2 aromatic heterocycles. The molecule has 2 atom stereocenters. The first-order chi connectivity index (χ1) is 16.7. The van der Waals surface area contributed by atoms with Crippen molar-refractivity contribution in [1.82, 2.24) is 19.6 Å². The lowest BCUT2D eigenvalue weighted by Crippen LogP contribution is -2.17. The Bertz CT molecular complexity index is 1450. The smallest absolute Gasteiger partial charge is 0.125 e. The molecule has 2 bridgehead atoms. The Morgan fingerprint density at radius 3 is 2.82 bits per heavy atom. The van der Waals surface area contributed by atoms with Crippen LogP contribution in [0.15, 0.2) is 48.9 Å². The van der Waals surface area contributed by atoms with Crippen LogP contribution in [-0.2, 0) is 6.42 Å². The molecule has 1 unspecified atom stereocenters. The quantitative estimate of drug-likeness (QED) is 0.393. The van der Waals surface area contributed by atoms with Crippen LogP contribution in [0.3, 0.4) is 0 Å². The zero-order valence-corrected chi connectivity index (χ0v) is 19.3. The minimum Gasteiger partial charge on any atom is -0.485 e. The van der Waals surface area contributed by atoms with Crippen LogP contribution >= 0.6 is 0 Å². The largest absolute Gasteiger partial charge is 0.485 e. The lowest BCUT2D eigenvalue weighted by atomic mass is 9.84. The van der Waals surface area contributed by atoms with Gasteiger partial charge in [-0.2, -0.15) is 15.5 Å². The van der Waals surface area contributed by atoms with Crippen molar-refractivity contribution in [3.05, 3.63) is 71.2 Å². The van der Waals surface area contributed by atoms with Crippen molar-refractivity contribution < 1.29 is 4.74 Å². The standard InChI is InChI=1S/C28H27N5O/c1-17-7-22-14-31-33(23-15-30-32(16-23)25-11-19-9-21(25)10-19)26(22)12-28(17)34-27-4-2-3-20-8-18(13-29)5-6-24(20)27/h5-8,12,14-16,19,21,25,27H,2-4,9-11H2,1H3/t19?,21?,25?,27-/m0/s1. The predicted octanol–water partition coefficient (Wildman–Crippen LogP) is 5.83. The molecule has 6 nitrogen and oxygen atoms in total. The van der Waals surface area contributed by atoms with Crippen LogP contribution in [0.4, 0.5) is 0 Å². The lowest BCUT2D eigenvalue weighted by Gasteiger charge is -2.27. The molecule has 8 rings (SSSR count). The summed E-state index contributed by atoms with van der Waals surface area (Å²) < 4.78 is 10.8. The van der Waals surface area contributed by atoms with Gasteiger partial charge >= 0.3 is 0 Å². The molecule has 0 radical (unpaired) electrons. The highest BCUT2D eigenvalue weighted by atomic mass is 16.5. The van der Waals surface area contributed by atoms with E-state index in [0.29, 0.717) is 6.04 Å². The van der Waals surface area contributed by atoms with Crippen LogP contribution in [0.25, 0.3) is 16.6 Å². The Balaban J connectivity index is 1.22. The van der Waals surface area contributed by atoms with E-state index in [0.717, 1.165) is 64.6 Å². The van der Waals surface area contributed by atoms with E-state index in [1.54, 1.807) is 0 Å². The maximum atomic E-state index is 9.26. The van der Waals surface area contributed by atoms with Crippen LogP contribution in [0, 0.1) is 30.1 Å². The normalized spacial score (nSPS) is 25.1. The third-order valence-corrected chi connectivity index (χ3v) is 8.23. The van der Waals surface area contributed by atoms with E-state index >= 15 is 0 Å². The first-order valence-corrected chi connectivity index (χ1v) is 12.4. The van der Waals surface area contributed by atoms with E-state index in [2.05, 4.69) is 42.1 Å². The van der Waals surface area contributed by atoms with Gasteiger partial charge in [0.15, 0.2) is 0 Å². The summed E-state index contributed by atoms with van der Waals surface area (Å²) in [5, 5.41) is 19.8. The maximum Gasteiger partial charge on any atom is 0.125 e. The number of fused-ring (bicyclic) bond motifs is 3. The Morgan fingerprint density at radius 2 is 2.00 bits per heavy atom. The monoisotopic (exact) mass is 449 g/mol. The van der Waals surface area contributed by atoms with Crippen LogP contribution in [-0.4, -0.2) is 19.6 Å². The second-order valence-electron chi connectivity index (χ2n) is 10.3. The summed E-state index contributed by atoms with van der Waals surface area (Å²) in [5.74, 6) is 2.60. The summed E-state index contributed by atoms with van der Waals surface area (Å²) >= 11 is 0. The van der Waals surface area contributed by atoms with Crippen molar-refractivity contribution in [3.8, 4) is 17.5 Å². The highest BCUT2D eigenvalue weighted by Gasteiger charge is 2.45. The first kappa shape index (κ1) is 19.8. The molecule has 0 aliphatic heterocycles. The maximum absolute atomic E-state index is 9.26. The summed E-state index contributed by atoms with van der Waals surface area (Å²) in [6.07, 6.45) is 13.1. The zero-order chi connectivity index (χ0) is 22.8. The molecule has 6 heteroatoms. The number of hydrogen-bond acceptors (Lipinski definition) is 4. The van der Waals surface area contributed by atoms with Gasteiger partial charge in [-0.1, -0.05) is 6.07 Å². The van der Waals surface area contributed by atoms with Gasteiger partial charge in [0, 0.05) is 11.5 Å². The van der Waals surface area contributed by atoms with Crippen LogP contribution in [0.5, 0.6) is 5.75 Å². The molecule has 4 aliphatic rings. The van der Waals surface area contributed by atoms with Crippen LogP contribution in [0.2, 0.25) is 0 Å². The van der Waals surface area contributed by atoms with Gasteiger partial charge < -0.3 is 4.74 Å². The fourth-order valence-corrected chi connectivity index (χ4v) is 6.39. The molecule has 0 amide bonds. The second kappa shape index (κ2) is 7.46. The van der Waals surface area contributed by atoms with Crippen molar-refractivity contribution in [1.29, 1.82) is 5.26 Å². The first-order valence-electron chi connectivity index (χ1n) is 12.4. The summed E-state index contributed by atoms with van der Waals surface area (Å²) in [7, 11) is 0. The van der Waals surface area contributed by atoms with Crippen molar-refractivity contribution in [2.45, 2.75) is 57.6 Å². The van der Waals surface area contributed by atoms with E-state index in [4.69, 9.17) is 14.9 Å². The number of ether oxygens (including phenoxy) is 1. The van der Waals surface area contributed by atoms with Crippen LogP contribution < -0.4 is 4.74 Å². The number of hydrogen-bond donors (Lipinski definition) is 0. The van der Waals surface area contributed by atoms with Gasteiger partial charge in [-0.15, -0.1) is 0 Å². The van der Waals surface area contributed by atoms with Crippen molar-refractivity contribution >= 4 is 10.9 Å². The van der Waals surface area contributed by atoms with Gasteiger partial charge in [0.05, 0.1) is 41.8 Å². The Hall–Kier alpha value is -3.59. The number of benzene rings is 2. The molecule has 170 valence electrons. The van der Waals surface area contributed by atoms with Crippen LogP contribution in [0.1, 0.15) is 66.5 Å². The summed E-state index contributed by atoms with van der Waals surface area (Å²) in [6.45, 7) is 2.10. The fourth-order valence-electron chi connectivity index (χ4n) is 6.39. The minimum atomic E-state index is 0.000573. The molecular weight excluding hydrogens is 422 g/mol. The van der Waals surface area contributed by atoms with Gasteiger partial charge in [0.2, 0.25) is 0 Å². The molecule has 2 aromatic carbocycles. The van der Waals surface area contributed by atoms with E-state index in [9.17, 15) is 5.26 Å². The van der Waals surface area contributed by atoms with Gasteiger partial charge in [-0.25, -0.2) is 4.68 Å². The Kier molecular flexibility index (Phi) is 4.35. The van der Waals surface area contributed by atoms with Gasteiger partial charge in [-0.05, 0) is 92.2 Å². The average Bonchev–Trinajstić information content (AvgIpc) is 3.61. The Morgan fingerprint density at radius 1 is 1.09 bits per heavy atom. The predicted molar refractivity (Wildman–Crippen MR) is 129 cm³/mol. The van der Waals surface area contributed by atoms with Crippen molar-refractivity contribution in [3.63, 3.8) is 0 Å². The second-order valence-corrected chi connectivity index (χ2v) is 10.3. The van der Waals surface area contributed by atoms with E-state index in [1.807, 2.05) is 29.2 Å². The van der Waals surface area contributed by atoms with E-state index < -0.39 is 0 Å². The third kappa shape index (κ3) is 3.07. The molecule has 34 heavy (non-hydrogen) atoms. The Labute approximate surface area is 198 Å². The lowest BCUT2D eigenvalue weighted by molar-refractivity contribution is 0.182. The molecule has 3 saturated carbocycles. The highest BCUT2D eigenvalue weighted by molar-refractivity contribution is 5.83. The SMILES string of the molecule is Cc1cc2cnn(-c3cnn(C4CC5CC4C5)c3)c2cc1O[C@H]1CCCc2cc(C#N)ccc21. The highest BCUT2D eigenvalue weighted by Crippen LogP contribution is 2.54. The molecule has 0 spiro atoms. The van der Waals surface area contributed by atoms with Gasteiger partial charge in [0.1, 0.15) is 17.5 Å². The van der Waals surface area contributed by atoms with Gasteiger partial charge in [-0.3, -0.25) is 4.68 Å². The van der Waals surface area contributed by atoms with Gasteiger partial charge in [0.25, 0.3) is 0 Å². The molecule has 4 aromatic rings. The minimum absolute atomic E-state index is 0.000573. The average molecular weight is 450 g/mol. The zero-order valence-electron chi connectivity index (χ0n) is 19.3. The summed E-state index contributed by atoms with van der Waals surface area (Å²) in [4.78, 5) is 0. The molecule has 4 aliphatic carbocycles. The fraction of sp³-hybridized carbons (Fsp3) is 0.393. The van der Waals surface area contributed by atoms with Crippen molar-refractivity contribution in [2.24, 2.45) is 11.8 Å². The number of aryl methyl sites for hydroxylation is 2. The molecular formula is C28H27N5O. The number of nitriles is 1. The topological polar surface area (TPSA) is 68.7 Å². The third-order valence-electron chi connectivity index (χ3n) is 8.23. The molecule has 3 fully saturated rings. The van der Waals surface area contributed by atoms with E-state index in [1.165, 1.54) is 30.4 Å². The number of rotatable bonds is 4. The number of nitrogens with zero attached hydrogens (tertiary/aromatic N) is 5. The van der Waals surface area contributed by atoms with E-state index in [-0.39, 0.29) is 6.10 Å². The summed E-state index contributed by atoms with van der Waals surface area (Å²) in [5.41, 5.74) is 6.30. The van der Waals surface area contributed by atoms with Crippen molar-refractivity contribution in [2.75, 3.05) is 0 Å². The summed E-state index contributed by atoms with van der Waals surface area (Å²) in [6, 6.07) is 13.1. The molecule has 0 saturated heterocycles. The molecule has 0 N–H and O–H groups in total. The number of aromatic nitrogens is 4. The molecule has 2 heterocycles.